The van der Waals surface area contributed by atoms with E-state index in [1.165, 1.54) is 0 Å². The monoisotopic (exact) mass is 327 g/mol. The normalized spacial score (nSPS) is 16.8. The lowest BCUT2D eigenvalue weighted by molar-refractivity contribution is 0.265. The standard InChI is InChI=1S/C14H21N3O2S2/c1-11-4-5-13(12(2)10-11)21(18,19)17-8-6-16(7-9-17)14(20)15-3/h4-5,10H,6-9H2,1-3H3,(H,15,20). The summed E-state index contributed by atoms with van der Waals surface area (Å²) in [6.45, 7) is 5.94. The zero-order valence-electron chi connectivity index (χ0n) is 12.6. The van der Waals surface area contributed by atoms with E-state index in [0.717, 1.165) is 11.1 Å². The lowest BCUT2D eigenvalue weighted by Crippen LogP contribution is -2.52. The van der Waals surface area contributed by atoms with Crippen molar-refractivity contribution in [2.24, 2.45) is 0 Å². The maximum absolute atomic E-state index is 12.7. The number of sulfonamides is 1. The van der Waals surface area contributed by atoms with E-state index >= 15 is 0 Å². The number of piperazine rings is 1. The number of hydrogen-bond acceptors (Lipinski definition) is 3. The highest BCUT2D eigenvalue weighted by atomic mass is 32.2. The van der Waals surface area contributed by atoms with Crippen LogP contribution < -0.4 is 5.32 Å². The molecule has 1 saturated heterocycles. The summed E-state index contributed by atoms with van der Waals surface area (Å²) < 4.78 is 27.0. The van der Waals surface area contributed by atoms with E-state index in [1.807, 2.05) is 30.9 Å². The van der Waals surface area contributed by atoms with Gasteiger partial charge in [0.2, 0.25) is 10.0 Å². The quantitative estimate of drug-likeness (QED) is 0.825. The van der Waals surface area contributed by atoms with Crippen molar-refractivity contribution in [3.8, 4) is 0 Å². The molecular weight excluding hydrogens is 306 g/mol. The third-order valence-corrected chi connectivity index (χ3v) is 6.21. The third-order valence-electron chi connectivity index (χ3n) is 3.69. The Morgan fingerprint density at radius 3 is 2.33 bits per heavy atom. The van der Waals surface area contributed by atoms with Crippen molar-refractivity contribution in [1.82, 2.24) is 14.5 Å². The first kappa shape index (κ1) is 16.2. The fourth-order valence-electron chi connectivity index (χ4n) is 2.52. The predicted molar refractivity (Wildman–Crippen MR) is 87.9 cm³/mol. The molecule has 0 aromatic heterocycles. The van der Waals surface area contributed by atoms with Crippen molar-refractivity contribution in [1.29, 1.82) is 0 Å². The van der Waals surface area contributed by atoms with Crippen LogP contribution in [-0.4, -0.2) is 56.0 Å². The van der Waals surface area contributed by atoms with Crippen LogP contribution >= 0.6 is 12.2 Å². The number of nitrogens with one attached hydrogen (secondary N) is 1. The molecule has 1 aliphatic rings. The molecule has 116 valence electrons. The molecule has 1 N–H and O–H groups in total. The highest BCUT2D eigenvalue weighted by Crippen LogP contribution is 2.22. The zero-order chi connectivity index (χ0) is 15.6. The Balaban J connectivity index is 2.17. The van der Waals surface area contributed by atoms with Gasteiger partial charge in [0.1, 0.15) is 0 Å². The minimum atomic E-state index is -3.42. The first-order chi connectivity index (χ1) is 9.86. The van der Waals surface area contributed by atoms with E-state index < -0.39 is 10.0 Å². The van der Waals surface area contributed by atoms with Crippen molar-refractivity contribution >= 4 is 27.4 Å². The second-order valence-corrected chi connectivity index (χ2v) is 7.51. The van der Waals surface area contributed by atoms with Crippen molar-refractivity contribution in [2.75, 3.05) is 33.2 Å². The van der Waals surface area contributed by atoms with E-state index in [0.29, 0.717) is 36.2 Å². The van der Waals surface area contributed by atoms with E-state index in [-0.39, 0.29) is 0 Å². The fourth-order valence-corrected chi connectivity index (χ4v) is 4.33. The molecular formula is C14H21N3O2S2. The van der Waals surface area contributed by atoms with Crippen molar-refractivity contribution in [3.63, 3.8) is 0 Å². The maximum Gasteiger partial charge on any atom is 0.243 e. The lowest BCUT2D eigenvalue weighted by Gasteiger charge is -2.35. The molecule has 0 spiro atoms. The molecule has 7 heteroatoms. The summed E-state index contributed by atoms with van der Waals surface area (Å²) in [5.74, 6) is 0. The molecule has 2 rings (SSSR count). The van der Waals surface area contributed by atoms with Gasteiger partial charge in [0, 0.05) is 33.2 Å². The van der Waals surface area contributed by atoms with Crippen molar-refractivity contribution < 1.29 is 8.42 Å². The summed E-state index contributed by atoms with van der Waals surface area (Å²) in [5, 5.41) is 3.59. The molecule has 0 amide bonds. The Morgan fingerprint density at radius 2 is 1.81 bits per heavy atom. The van der Waals surface area contributed by atoms with Crippen LogP contribution in [0.2, 0.25) is 0 Å². The summed E-state index contributed by atoms with van der Waals surface area (Å²) in [6, 6.07) is 5.44. The summed E-state index contributed by atoms with van der Waals surface area (Å²) >= 11 is 5.18. The number of rotatable bonds is 2. The van der Waals surface area contributed by atoms with Gasteiger partial charge < -0.3 is 10.2 Å². The molecule has 1 aromatic carbocycles. The van der Waals surface area contributed by atoms with Gasteiger partial charge in [-0.3, -0.25) is 0 Å². The van der Waals surface area contributed by atoms with Gasteiger partial charge in [-0.15, -0.1) is 0 Å². The SMILES string of the molecule is CNC(=S)N1CCN(S(=O)(=O)c2ccc(C)cc2C)CC1. The molecule has 0 aliphatic carbocycles. The molecule has 1 fully saturated rings. The highest BCUT2D eigenvalue weighted by molar-refractivity contribution is 7.89. The summed E-state index contributed by atoms with van der Waals surface area (Å²) in [5.41, 5.74) is 1.86. The topological polar surface area (TPSA) is 52.6 Å². The molecule has 21 heavy (non-hydrogen) atoms. The van der Waals surface area contributed by atoms with Gasteiger partial charge >= 0.3 is 0 Å². The molecule has 0 saturated carbocycles. The van der Waals surface area contributed by atoms with Crippen LogP contribution in [0.3, 0.4) is 0 Å². The number of benzene rings is 1. The van der Waals surface area contributed by atoms with Crippen LogP contribution in [0.1, 0.15) is 11.1 Å². The largest absolute Gasteiger partial charge is 0.366 e. The van der Waals surface area contributed by atoms with Gasteiger partial charge in [-0.05, 0) is 37.7 Å². The van der Waals surface area contributed by atoms with Crippen LogP contribution in [0, 0.1) is 13.8 Å². The molecule has 1 heterocycles. The minimum absolute atomic E-state index is 0.401. The number of aryl methyl sites for hydroxylation is 2. The zero-order valence-corrected chi connectivity index (χ0v) is 14.2. The maximum atomic E-state index is 12.7. The van der Waals surface area contributed by atoms with Gasteiger partial charge in [-0.2, -0.15) is 4.31 Å². The number of thiocarbonyl (C=S) groups is 1. The molecule has 0 unspecified atom stereocenters. The summed E-state index contributed by atoms with van der Waals surface area (Å²) in [4.78, 5) is 2.39. The predicted octanol–water partition coefficient (Wildman–Crippen LogP) is 1.11. The molecule has 1 aromatic rings. The summed E-state index contributed by atoms with van der Waals surface area (Å²) in [6.07, 6.45) is 0. The summed E-state index contributed by atoms with van der Waals surface area (Å²) in [7, 11) is -1.64. The average molecular weight is 327 g/mol. The van der Waals surface area contributed by atoms with Crippen molar-refractivity contribution in [3.05, 3.63) is 29.3 Å². The third kappa shape index (κ3) is 3.36. The van der Waals surface area contributed by atoms with Crippen molar-refractivity contribution in [2.45, 2.75) is 18.7 Å². The van der Waals surface area contributed by atoms with Crippen LogP contribution in [-0.2, 0) is 10.0 Å². The Morgan fingerprint density at radius 1 is 1.19 bits per heavy atom. The Hall–Kier alpha value is -1.18. The second kappa shape index (κ2) is 6.29. The van der Waals surface area contributed by atoms with E-state index in [2.05, 4.69) is 5.32 Å². The Labute approximate surface area is 132 Å². The van der Waals surface area contributed by atoms with Gasteiger partial charge in [-0.1, -0.05) is 17.7 Å². The van der Waals surface area contributed by atoms with Crippen LogP contribution in [0.5, 0.6) is 0 Å². The van der Waals surface area contributed by atoms with Crippen LogP contribution in [0.25, 0.3) is 0 Å². The average Bonchev–Trinajstić information content (AvgIpc) is 2.46. The van der Waals surface area contributed by atoms with Gasteiger partial charge in [0.05, 0.1) is 4.90 Å². The molecule has 0 radical (unpaired) electrons. The molecule has 1 aliphatic heterocycles. The van der Waals surface area contributed by atoms with Crippen LogP contribution in [0.15, 0.2) is 23.1 Å². The highest BCUT2D eigenvalue weighted by Gasteiger charge is 2.29. The van der Waals surface area contributed by atoms with Gasteiger partial charge in [-0.25, -0.2) is 8.42 Å². The van der Waals surface area contributed by atoms with E-state index in [1.54, 1.807) is 17.4 Å². The Bertz CT molecular complexity index is 636. The Kier molecular flexibility index (Phi) is 4.85. The van der Waals surface area contributed by atoms with Crippen LogP contribution in [0.4, 0.5) is 0 Å². The number of hydrogen-bond donors (Lipinski definition) is 1. The van der Waals surface area contributed by atoms with E-state index in [9.17, 15) is 8.42 Å². The molecule has 0 bridgehead atoms. The van der Waals surface area contributed by atoms with E-state index in [4.69, 9.17) is 12.2 Å². The fraction of sp³-hybridized carbons (Fsp3) is 0.500. The smallest absolute Gasteiger partial charge is 0.243 e. The minimum Gasteiger partial charge on any atom is -0.366 e. The second-order valence-electron chi connectivity index (χ2n) is 5.22. The first-order valence-corrected chi connectivity index (χ1v) is 8.75. The van der Waals surface area contributed by atoms with Gasteiger partial charge in [0.25, 0.3) is 0 Å². The first-order valence-electron chi connectivity index (χ1n) is 6.90. The molecule has 5 nitrogen and oxygen atoms in total. The van der Waals surface area contributed by atoms with Gasteiger partial charge in [0.15, 0.2) is 5.11 Å². The lowest BCUT2D eigenvalue weighted by atomic mass is 10.2. The molecule has 0 atom stereocenters. The number of nitrogens with zero attached hydrogens (tertiary/aromatic N) is 2.